The van der Waals surface area contributed by atoms with Crippen molar-refractivity contribution in [3.05, 3.63) is 0 Å². The van der Waals surface area contributed by atoms with Gasteiger partial charge in [0.15, 0.2) is 0 Å². The zero-order valence-corrected chi connectivity index (χ0v) is 12.3. The first-order chi connectivity index (χ1) is 9.68. The van der Waals surface area contributed by atoms with Crippen molar-refractivity contribution in [2.75, 3.05) is 6.54 Å². The second kappa shape index (κ2) is 7.13. The van der Waals surface area contributed by atoms with Crippen LogP contribution in [0, 0.1) is 11.8 Å². The van der Waals surface area contributed by atoms with Crippen LogP contribution in [0.1, 0.15) is 46.0 Å². The first-order valence-electron chi connectivity index (χ1n) is 7.27. The Morgan fingerprint density at radius 1 is 1.29 bits per heavy atom. The molecule has 3 unspecified atom stereocenters. The van der Waals surface area contributed by atoms with Crippen LogP contribution in [0.15, 0.2) is 0 Å². The van der Waals surface area contributed by atoms with E-state index in [-0.39, 0.29) is 25.8 Å². The van der Waals surface area contributed by atoms with Gasteiger partial charge < -0.3 is 10.0 Å². The maximum absolute atomic E-state index is 13.1. The van der Waals surface area contributed by atoms with Crippen molar-refractivity contribution >= 4 is 11.9 Å². The number of aliphatic carboxylic acids is 1. The summed E-state index contributed by atoms with van der Waals surface area (Å²) in [6, 6.07) is -0.601. The summed E-state index contributed by atoms with van der Waals surface area (Å²) in [5.41, 5.74) is 0. The molecule has 1 fully saturated rings. The molecule has 0 saturated heterocycles. The minimum atomic E-state index is -4.38. The quantitative estimate of drug-likeness (QED) is 0.849. The van der Waals surface area contributed by atoms with Crippen LogP contribution in [0.2, 0.25) is 0 Å². The molecular formula is C14H22F3NO3. The van der Waals surface area contributed by atoms with Gasteiger partial charge in [0, 0.05) is 18.5 Å². The van der Waals surface area contributed by atoms with Gasteiger partial charge in [-0.25, -0.2) is 0 Å². The highest BCUT2D eigenvalue weighted by molar-refractivity contribution is 5.80. The third-order valence-corrected chi connectivity index (χ3v) is 4.13. The zero-order valence-electron chi connectivity index (χ0n) is 12.3. The second-order valence-corrected chi connectivity index (χ2v) is 5.61. The third-order valence-electron chi connectivity index (χ3n) is 4.13. The van der Waals surface area contributed by atoms with Gasteiger partial charge >= 0.3 is 12.1 Å². The number of carbonyl (C=O) groups is 2. The van der Waals surface area contributed by atoms with Gasteiger partial charge in [-0.2, -0.15) is 13.2 Å². The summed E-state index contributed by atoms with van der Waals surface area (Å²) in [5.74, 6) is -4.31. The Labute approximate surface area is 122 Å². The fourth-order valence-corrected chi connectivity index (χ4v) is 3.08. The maximum atomic E-state index is 13.1. The van der Waals surface area contributed by atoms with Gasteiger partial charge in [-0.15, -0.1) is 0 Å². The molecule has 0 aromatic heterocycles. The number of alkyl halides is 3. The van der Waals surface area contributed by atoms with Gasteiger partial charge in [-0.1, -0.05) is 12.8 Å². The normalized spacial score (nSPS) is 24.4. The fraction of sp³-hybridized carbons (Fsp3) is 0.857. The van der Waals surface area contributed by atoms with Crippen molar-refractivity contribution in [1.82, 2.24) is 4.90 Å². The van der Waals surface area contributed by atoms with Crippen LogP contribution in [-0.4, -0.2) is 40.6 Å². The summed E-state index contributed by atoms with van der Waals surface area (Å²) < 4.78 is 39.2. The van der Waals surface area contributed by atoms with Gasteiger partial charge in [0.25, 0.3) is 0 Å². The molecule has 1 rings (SSSR count). The standard InChI is InChI=1S/C14H22F3NO3/c1-3-18(9(2)8-12(19)20)13(21)10-6-4-5-7-11(10)14(15,16)17/h9-11H,3-8H2,1-2H3,(H,19,20). The van der Waals surface area contributed by atoms with E-state index in [1.807, 2.05) is 0 Å². The Kier molecular flexibility index (Phi) is 6.04. The molecule has 0 bridgehead atoms. The first kappa shape index (κ1) is 17.8. The zero-order chi connectivity index (χ0) is 16.2. The van der Waals surface area contributed by atoms with Gasteiger partial charge in [-0.3, -0.25) is 9.59 Å². The fourth-order valence-electron chi connectivity index (χ4n) is 3.08. The van der Waals surface area contributed by atoms with Crippen LogP contribution in [0.25, 0.3) is 0 Å². The number of carboxylic acid groups (broad SMARTS) is 1. The van der Waals surface area contributed by atoms with Crippen molar-refractivity contribution in [3.63, 3.8) is 0 Å². The highest BCUT2D eigenvalue weighted by Gasteiger charge is 2.49. The Hall–Kier alpha value is -1.27. The van der Waals surface area contributed by atoms with Crippen molar-refractivity contribution in [1.29, 1.82) is 0 Å². The highest BCUT2D eigenvalue weighted by atomic mass is 19.4. The molecule has 122 valence electrons. The predicted molar refractivity (Wildman–Crippen MR) is 70.6 cm³/mol. The lowest BCUT2D eigenvalue weighted by Gasteiger charge is -2.37. The highest BCUT2D eigenvalue weighted by Crippen LogP contribution is 2.42. The average Bonchev–Trinajstić information content (AvgIpc) is 2.37. The van der Waals surface area contributed by atoms with Gasteiger partial charge in [0.1, 0.15) is 0 Å². The first-order valence-corrected chi connectivity index (χ1v) is 7.27. The van der Waals surface area contributed by atoms with E-state index in [9.17, 15) is 22.8 Å². The van der Waals surface area contributed by atoms with Crippen molar-refractivity contribution < 1.29 is 27.9 Å². The van der Waals surface area contributed by atoms with Crippen LogP contribution in [0.3, 0.4) is 0 Å². The minimum Gasteiger partial charge on any atom is -0.481 e. The number of hydrogen-bond donors (Lipinski definition) is 1. The number of halogens is 3. The Morgan fingerprint density at radius 2 is 1.86 bits per heavy atom. The maximum Gasteiger partial charge on any atom is 0.392 e. The van der Waals surface area contributed by atoms with E-state index in [1.54, 1.807) is 13.8 Å². The molecule has 3 atom stereocenters. The average molecular weight is 309 g/mol. The molecule has 1 amide bonds. The summed E-state index contributed by atoms with van der Waals surface area (Å²) in [5, 5.41) is 8.78. The Morgan fingerprint density at radius 3 is 2.33 bits per heavy atom. The largest absolute Gasteiger partial charge is 0.481 e. The minimum absolute atomic E-state index is 0.0230. The lowest BCUT2D eigenvalue weighted by molar-refractivity contribution is -0.201. The van der Waals surface area contributed by atoms with Crippen LogP contribution in [-0.2, 0) is 9.59 Å². The van der Waals surface area contributed by atoms with E-state index in [4.69, 9.17) is 5.11 Å². The molecule has 0 aromatic carbocycles. The van der Waals surface area contributed by atoms with Gasteiger partial charge in [0.2, 0.25) is 5.91 Å². The lowest BCUT2D eigenvalue weighted by Crippen LogP contribution is -2.48. The van der Waals surface area contributed by atoms with E-state index >= 15 is 0 Å². The topological polar surface area (TPSA) is 57.6 Å². The van der Waals surface area contributed by atoms with Crippen LogP contribution in [0.4, 0.5) is 13.2 Å². The molecule has 0 heterocycles. The number of hydrogen-bond acceptors (Lipinski definition) is 2. The van der Waals surface area contributed by atoms with Crippen LogP contribution >= 0.6 is 0 Å². The molecule has 0 spiro atoms. The predicted octanol–water partition coefficient (Wildman–Crippen LogP) is 3.07. The van der Waals surface area contributed by atoms with E-state index in [2.05, 4.69) is 0 Å². The molecule has 4 nitrogen and oxygen atoms in total. The molecule has 0 aromatic rings. The number of carbonyl (C=O) groups excluding carboxylic acids is 1. The molecule has 0 aliphatic heterocycles. The molecule has 0 radical (unpaired) electrons. The summed E-state index contributed by atoms with van der Waals surface area (Å²) in [4.78, 5) is 24.4. The third kappa shape index (κ3) is 4.61. The van der Waals surface area contributed by atoms with Crippen molar-refractivity contribution in [3.8, 4) is 0 Å². The smallest absolute Gasteiger partial charge is 0.392 e. The van der Waals surface area contributed by atoms with E-state index in [0.29, 0.717) is 12.8 Å². The van der Waals surface area contributed by atoms with Crippen molar-refractivity contribution in [2.45, 2.75) is 58.2 Å². The van der Waals surface area contributed by atoms with E-state index in [0.717, 1.165) is 0 Å². The van der Waals surface area contributed by atoms with Gasteiger partial charge in [0.05, 0.1) is 12.3 Å². The molecule has 1 aliphatic rings. The number of amides is 1. The lowest BCUT2D eigenvalue weighted by atomic mass is 9.77. The molecule has 7 heteroatoms. The summed E-state index contributed by atoms with van der Waals surface area (Å²) in [6.45, 7) is 3.43. The molecular weight excluding hydrogens is 287 g/mol. The Balaban J connectivity index is 2.88. The molecule has 1 aliphatic carbocycles. The Bertz CT molecular complexity index is 384. The SMILES string of the molecule is CCN(C(=O)C1CCCCC1C(F)(F)F)C(C)CC(=O)O. The second-order valence-electron chi connectivity index (χ2n) is 5.61. The summed E-state index contributed by atoms with van der Waals surface area (Å²) in [7, 11) is 0. The van der Waals surface area contributed by atoms with Crippen LogP contribution in [0.5, 0.6) is 0 Å². The summed E-state index contributed by atoms with van der Waals surface area (Å²) >= 11 is 0. The van der Waals surface area contributed by atoms with E-state index < -0.39 is 35.9 Å². The number of nitrogens with zero attached hydrogens (tertiary/aromatic N) is 1. The number of rotatable bonds is 5. The molecule has 21 heavy (non-hydrogen) atoms. The monoisotopic (exact) mass is 309 g/mol. The summed E-state index contributed by atoms with van der Waals surface area (Å²) in [6.07, 6.45) is -3.36. The van der Waals surface area contributed by atoms with Crippen molar-refractivity contribution in [2.24, 2.45) is 11.8 Å². The molecule has 1 saturated carbocycles. The molecule has 1 N–H and O–H groups in total. The van der Waals surface area contributed by atoms with Crippen LogP contribution < -0.4 is 0 Å². The van der Waals surface area contributed by atoms with Gasteiger partial charge in [-0.05, 0) is 26.7 Å². The number of carboxylic acids is 1. The van der Waals surface area contributed by atoms with E-state index in [1.165, 1.54) is 4.90 Å².